The van der Waals surface area contributed by atoms with Crippen LogP contribution in [-0.2, 0) is 19.1 Å². The molecule has 0 aliphatic carbocycles. The average Bonchev–Trinajstić information content (AvgIpc) is 2.80. The minimum Gasteiger partial charge on any atom is -0.478 e. The van der Waals surface area contributed by atoms with E-state index in [2.05, 4.69) is 19.1 Å². The number of aliphatic hydroxyl groups is 1. The second kappa shape index (κ2) is 16.0. The summed E-state index contributed by atoms with van der Waals surface area (Å²) in [6.07, 6.45) is 17.4. The molecule has 204 valence electrons. The lowest BCUT2D eigenvalue weighted by Gasteiger charge is -2.25. The van der Waals surface area contributed by atoms with E-state index in [0.29, 0.717) is 24.3 Å². The van der Waals surface area contributed by atoms with Crippen molar-refractivity contribution >= 4 is 17.7 Å². The van der Waals surface area contributed by atoms with Crippen LogP contribution in [0.2, 0.25) is 0 Å². The lowest BCUT2D eigenvalue weighted by atomic mass is 9.83. The highest BCUT2D eigenvalue weighted by atomic mass is 16.5. The Balaban J connectivity index is 2.60. The van der Waals surface area contributed by atoms with E-state index in [1.54, 1.807) is 13.8 Å². The minimum absolute atomic E-state index is 0.0372. The number of rotatable bonds is 14. The zero-order chi connectivity index (χ0) is 28.1. The third kappa shape index (κ3) is 12.7. The Bertz CT molecular complexity index is 978. The standard InChI is InChI=1S/C31H44O6/c1-20(16-22(3)14-15-27-12-9-13-29(34)37-27)10-8-11-21(2)17-24(5)30(35)26(7)31(36)25(6)18-23(4)19-28(32)33/h8-9,11,13-17,19-20,24-27,31,36H,10,12,18H2,1-7H3,(H,32,33)/b11-8+,15-14+,21-17+,22-16-,23-19+/t20-,24-,25+,26-,27-,31-/m1/s1. The van der Waals surface area contributed by atoms with Gasteiger partial charge in [0, 0.05) is 30.4 Å². The fraction of sp³-hybridized carbons (Fsp3) is 0.516. The molecule has 1 rings (SSSR count). The molecule has 0 fully saturated rings. The van der Waals surface area contributed by atoms with Crippen molar-refractivity contribution in [1.29, 1.82) is 0 Å². The van der Waals surface area contributed by atoms with Gasteiger partial charge in [-0.25, -0.2) is 9.59 Å². The number of Topliss-reactive ketones (excluding diaryl/α,β-unsaturated/α-hetero) is 1. The van der Waals surface area contributed by atoms with Crippen LogP contribution >= 0.6 is 0 Å². The number of hydrogen-bond donors (Lipinski definition) is 2. The number of aliphatic hydroxyl groups excluding tert-OH is 1. The molecule has 0 spiro atoms. The first-order valence-electron chi connectivity index (χ1n) is 13.0. The molecule has 0 unspecified atom stereocenters. The van der Waals surface area contributed by atoms with Crippen LogP contribution in [-0.4, -0.2) is 40.1 Å². The summed E-state index contributed by atoms with van der Waals surface area (Å²) in [5.74, 6) is -2.16. The van der Waals surface area contributed by atoms with E-state index >= 15 is 0 Å². The van der Waals surface area contributed by atoms with E-state index in [4.69, 9.17) is 9.84 Å². The highest BCUT2D eigenvalue weighted by Crippen LogP contribution is 2.24. The van der Waals surface area contributed by atoms with E-state index in [-0.39, 0.29) is 29.7 Å². The SMILES string of the molecule is CC(=C/[C@H](C)C/C=C/C(C)=C/[C@@H](C)C(=O)[C@@H](C)[C@H](O)[C@@H](C)C/C(C)=C/C(=O)O)/C=C/[C@H]1CC=CC(=O)O1. The Morgan fingerprint density at radius 1 is 1.08 bits per heavy atom. The van der Waals surface area contributed by atoms with E-state index in [9.17, 15) is 19.5 Å². The van der Waals surface area contributed by atoms with Crippen LogP contribution in [0.1, 0.15) is 67.7 Å². The summed E-state index contributed by atoms with van der Waals surface area (Å²) in [7, 11) is 0. The van der Waals surface area contributed by atoms with Crippen molar-refractivity contribution in [2.75, 3.05) is 0 Å². The first-order valence-corrected chi connectivity index (χ1v) is 13.0. The molecular formula is C31H44O6. The number of cyclic esters (lactones) is 1. The summed E-state index contributed by atoms with van der Waals surface area (Å²) < 4.78 is 5.23. The molecule has 2 N–H and O–H groups in total. The Hall–Kier alpha value is -2.99. The largest absolute Gasteiger partial charge is 0.478 e. The van der Waals surface area contributed by atoms with Gasteiger partial charge in [0.15, 0.2) is 0 Å². The van der Waals surface area contributed by atoms with E-state index in [1.165, 1.54) is 6.08 Å². The fourth-order valence-electron chi connectivity index (χ4n) is 4.46. The van der Waals surface area contributed by atoms with Crippen molar-refractivity contribution in [2.24, 2.45) is 23.7 Å². The summed E-state index contributed by atoms with van der Waals surface area (Å²) in [6.45, 7) is 13.2. The number of carboxylic acid groups (broad SMARTS) is 1. The maximum Gasteiger partial charge on any atom is 0.331 e. The summed E-state index contributed by atoms with van der Waals surface area (Å²) >= 11 is 0. The Labute approximate surface area is 222 Å². The normalized spacial score (nSPS) is 21.6. The molecule has 6 nitrogen and oxygen atoms in total. The summed E-state index contributed by atoms with van der Waals surface area (Å²) in [6, 6.07) is 0. The Morgan fingerprint density at radius 2 is 1.73 bits per heavy atom. The monoisotopic (exact) mass is 512 g/mol. The minimum atomic E-state index is -1.01. The van der Waals surface area contributed by atoms with E-state index in [1.807, 2.05) is 58.1 Å². The molecule has 0 radical (unpaired) electrons. The molecule has 37 heavy (non-hydrogen) atoms. The van der Waals surface area contributed by atoms with Crippen molar-refractivity contribution in [1.82, 2.24) is 0 Å². The van der Waals surface area contributed by atoms with E-state index in [0.717, 1.165) is 23.6 Å². The summed E-state index contributed by atoms with van der Waals surface area (Å²) in [5, 5.41) is 19.5. The maximum absolute atomic E-state index is 12.9. The zero-order valence-electron chi connectivity index (χ0n) is 23.3. The number of allylic oxidation sites excluding steroid dienone is 8. The molecule has 0 saturated carbocycles. The first-order chi connectivity index (χ1) is 17.3. The highest BCUT2D eigenvalue weighted by molar-refractivity contribution is 5.85. The van der Waals surface area contributed by atoms with Gasteiger partial charge in [-0.2, -0.15) is 0 Å². The lowest BCUT2D eigenvalue weighted by Crippen LogP contribution is -2.34. The predicted octanol–water partition coefficient (Wildman–Crippen LogP) is 6.15. The Morgan fingerprint density at radius 3 is 2.35 bits per heavy atom. The summed E-state index contributed by atoms with van der Waals surface area (Å²) in [4.78, 5) is 35.0. The quantitative estimate of drug-likeness (QED) is 0.164. The zero-order valence-corrected chi connectivity index (χ0v) is 23.3. The van der Waals surface area contributed by atoms with Crippen LogP contribution in [0.25, 0.3) is 0 Å². The van der Waals surface area contributed by atoms with Gasteiger partial charge in [-0.15, -0.1) is 0 Å². The van der Waals surface area contributed by atoms with Gasteiger partial charge < -0.3 is 14.9 Å². The first kappa shape index (κ1) is 32.0. The molecule has 1 heterocycles. The number of esters is 1. The number of carbonyl (C=O) groups excluding carboxylic acids is 2. The molecule has 0 bridgehead atoms. The molecule has 1 aliphatic heterocycles. The Kier molecular flexibility index (Phi) is 13.8. The third-order valence-electron chi connectivity index (χ3n) is 6.42. The predicted molar refractivity (Wildman–Crippen MR) is 148 cm³/mol. The van der Waals surface area contributed by atoms with Crippen LogP contribution in [0.15, 0.2) is 71.4 Å². The number of carboxylic acids is 1. The molecule has 0 aromatic heterocycles. The second-order valence-corrected chi connectivity index (χ2v) is 10.4. The molecule has 6 heteroatoms. The van der Waals surface area contributed by atoms with Crippen molar-refractivity contribution in [2.45, 2.75) is 79.9 Å². The fourth-order valence-corrected chi connectivity index (χ4v) is 4.46. The lowest BCUT2D eigenvalue weighted by molar-refractivity contribution is -0.141. The van der Waals surface area contributed by atoms with Gasteiger partial charge in [-0.05, 0) is 51.5 Å². The molecule has 0 aromatic carbocycles. The number of ether oxygens (including phenoxy) is 1. The topological polar surface area (TPSA) is 101 Å². The van der Waals surface area contributed by atoms with Crippen molar-refractivity contribution < 1.29 is 29.3 Å². The van der Waals surface area contributed by atoms with Crippen LogP contribution in [0, 0.1) is 23.7 Å². The smallest absolute Gasteiger partial charge is 0.331 e. The van der Waals surface area contributed by atoms with Gasteiger partial charge in [0.1, 0.15) is 11.9 Å². The molecule has 6 atom stereocenters. The van der Waals surface area contributed by atoms with Crippen molar-refractivity contribution in [3.05, 3.63) is 71.4 Å². The van der Waals surface area contributed by atoms with Crippen LogP contribution < -0.4 is 0 Å². The van der Waals surface area contributed by atoms with Gasteiger partial charge in [0.25, 0.3) is 0 Å². The van der Waals surface area contributed by atoms with Gasteiger partial charge in [0.05, 0.1) is 6.10 Å². The van der Waals surface area contributed by atoms with Crippen molar-refractivity contribution in [3.63, 3.8) is 0 Å². The molecule has 0 amide bonds. The number of hydrogen-bond acceptors (Lipinski definition) is 5. The van der Waals surface area contributed by atoms with Crippen LogP contribution in [0.4, 0.5) is 0 Å². The van der Waals surface area contributed by atoms with Crippen LogP contribution in [0.5, 0.6) is 0 Å². The molecular weight excluding hydrogens is 468 g/mol. The van der Waals surface area contributed by atoms with E-state index < -0.39 is 18.0 Å². The highest BCUT2D eigenvalue weighted by Gasteiger charge is 2.29. The van der Waals surface area contributed by atoms with Gasteiger partial charge >= 0.3 is 11.9 Å². The molecule has 0 aromatic rings. The van der Waals surface area contributed by atoms with Crippen molar-refractivity contribution in [3.8, 4) is 0 Å². The number of ketones is 1. The maximum atomic E-state index is 12.9. The number of carbonyl (C=O) groups is 3. The summed E-state index contributed by atoms with van der Waals surface area (Å²) in [5.41, 5.74) is 2.75. The third-order valence-corrected chi connectivity index (χ3v) is 6.42. The van der Waals surface area contributed by atoms with Gasteiger partial charge in [0.2, 0.25) is 0 Å². The second-order valence-electron chi connectivity index (χ2n) is 10.4. The molecule has 0 saturated heterocycles. The average molecular weight is 513 g/mol. The van der Waals surface area contributed by atoms with Gasteiger partial charge in [-0.3, -0.25) is 4.79 Å². The molecule has 1 aliphatic rings. The van der Waals surface area contributed by atoms with Gasteiger partial charge in [-0.1, -0.05) is 80.9 Å². The number of aliphatic carboxylic acids is 1. The van der Waals surface area contributed by atoms with Crippen LogP contribution in [0.3, 0.4) is 0 Å².